The molecule has 2 aromatic carbocycles. The van der Waals surface area contributed by atoms with E-state index in [9.17, 15) is 13.2 Å². The number of alkyl halides is 5. The maximum Gasteiger partial charge on any atom is 0.422 e. The van der Waals surface area contributed by atoms with Crippen LogP contribution in [0, 0.1) is 0 Å². The molecule has 1 aliphatic carbocycles. The third kappa shape index (κ3) is 3.04. The Kier molecular flexibility index (Phi) is 4.34. The maximum absolute atomic E-state index is 15.0. The van der Waals surface area contributed by atoms with Crippen LogP contribution in [0.25, 0.3) is 40.1 Å². The van der Waals surface area contributed by atoms with Crippen molar-refractivity contribution in [2.75, 3.05) is 0 Å². The zero-order chi connectivity index (χ0) is 22.7. The number of hydrogen-bond acceptors (Lipinski definition) is 4. The highest BCUT2D eigenvalue weighted by Crippen LogP contribution is 2.50. The number of fused-ring (bicyclic) bond motifs is 3. The first kappa shape index (κ1) is 20.2. The van der Waals surface area contributed by atoms with Crippen LogP contribution >= 0.6 is 0 Å². The molecule has 4 aromatic rings. The van der Waals surface area contributed by atoms with E-state index in [2.05, 4.69) is 16.9 Å². The zero-order valence-electron chi connectivity index (χ0n) is 16.2. The first-order valence-corrected chi connectivity index (χ1v) is 9.47. The minimum atomic E-state index is -4.88. The second kappa shape index (κ2) is 6.88. The van der Waals surface area contributed by atoms with Gasteiger partial charge in [0.05, 0.1) is 0 Å². The maximum atomic E-state index is 15.0. The number of nitrogens with zero attached hydrogens (tertiary/aromatic N) is 2. The van der Waals surface area contributed by atoms with Gasteiger partial charge in [0.15, 0.2) is 17.2 Å². The number of aromatic nitrogens is 2. The van der Waals surface area contributed by atoms with Crippen LogP contribution in [-0.2, 0) is 18.5 Å². The van der Waals surface area contributed by atoms with Crippen molar-refractivity contribution in [1.29, 1.82) is 0 Å². The summed E-state index contributed by atoms with van der Waals surface area (Å²) in [5.74, 6) is -4.38. The van der Waals surface area contributed by atoms with E-state index < -0.39 is 41.3 Å². The number of rotatable bonds is 3. The summed E-state index contributed by atoms with van der Waals surface area (Å²) in [5, 5.41) is 7.37. The number of benzene rings is 2. The second-order valence-corrected chi connectivity index (χ2v) is 7.33. The van der Waals surface area contributed by atoms with Gasteiger partial charge in [-0.05, 0) is 11.6 Å². The Morgan fingerprint density at radius 1 is 0.938 bits per heavy atom. The van der Waals surface area contributed by atoms with Gasteiger partial charge >= 0.3 is 6.18 Å². The van der Waals surface area contributed by atoms with Gasteiger partial charge in [0, 0.05) is 28.7 Å². The minimum Gasteiger partial charge on any atom is -0.355 e. The molecule has 0 saturated heterocycles. The highest BCUT2D eigenvalue weighted by atomic mass is 19.4. The molecule has 0 N–H and O–H groups in total. The molecule has 0 atom stereocenters. The van der Waals surface area contributed by atoms with Gasteiger partial charge in [0.25, 0.3) is 5.92 Å². The summed E-state index contributed by atoms with van der Waals surface area (Å²) in [7, 11) is 0. The lowest BCUT2D eigenvalue weighted by Gasteiger charge is -2.24. The lowest BCUT2D eigenvalue weighted by molar-refractivity contribution is -0.136. The lowest BCUT2D eigenvalue weighted by Crippen LogP contribution is -2.23. The molecule has 5 rings (SSSR count). The van der Waals surface area contributed by atoms with Crippen molar-refractivity contribution in [2.24, 2.45) is 0 Å². The molecule has 0 bridgehead atoms. The third-order valence-electron chi connectivity index (χ3n) is 5.34. The third-order valence-corrected chi connectivity index (χ3v) is 5.34. The largest absolute Gasteiger partial charge is 0.422 e. The van der Waals surface area contributed by atoms with Gasteiger partial charge in [-0.2, -0.15) is 13.2 Å². The van der Waals surface area contributed by atoms with Crippen molar-refractivity contribution in [3.8, 4) is 34.0 Å². The van der Waals surface area contributed by atoms with Crippen molar-refractivity contribution < 1.29 is 31.0 Å². The van der Waals surface area contributed by atoms with Gasteiger partial charge in [-0.3, -0.25) is 0 Å². The smallest absolute Gasteiger partial charge is 0.355 e. The quantitative estimate of drug-likeness (QED) is 0.320. The molecule has 9 heteroatoms. The summed E-state index contributed by atoms with van der Waals surface area (Å²) in [5.41, 5.74) is -1.62. The van der Waals surface area contributed by atoms with Crippen molar-refractivity contribution >= 4 is 6.08 Å². The van der Waals surface area contributed by atoms with E-state index in [0.717, 1.165) is 0 Å². The molecule has 0 fully saturated rings. The topological polar surface area (TPSA) is 52.1 Å². The molecule has 0 unspecified atom stereocenters. The van der Waals surface area contributed by atoms with Crippen molar-refractivity contribution in [1.82, 2.24) is 10.3 Å². The minimum absolute atomic E-state index is 0.0499. The van der Waals surface area contributed by atoms with Crippen molar-refractivity contribution in [3.63, 3.8) is 0 Å². The summed E-state index contributed by atoms with van der Waals surface area (Å²) < 4.78 is 82.2. The van der Waals surface area contributed by atoms with Crippen LogP contribution in [0.4, 0.5) is 22.0 Å². The number of halogens is 5. The monoisotopic (exact) mass is 444 g/mol. The van der Waals surface area contributed by atoms with Crippen molar-refractivity contribution in [3.05, 3.63) is 77.4 Å². The highest BCUT2D eigenvalue weighted by Gasteiger charge is 2.47. The van der Waals surface area contributed by atoms with Gasteiger partial charge in [0.1, 0.15) is 11.3 Å². The van der Waals surface area contributed by atoms with Crippen LogP contribution in [0.1, 0.15) is 22.3 Å². The molecule has 2 heterocycles. The van der Waals surface area contributed by atoms with Gasteiger partial charge in [-0.1, -0.05) is 65.4 Å². The van der Waals surface area contributed by atoms with E-state index >= 15 is 8.78 Å². The molecule has 0 spiro atoms. The Labute approximate surface area is 177 Å². The molecular formula is C23H13F5N2O2. The summed E-state index contributed by atoms with van der Waals surface area (Å²) in [6, 6.07) is 11.9. The van der Waals surface area contributed by atoms with Gasteiger partial charge in [0.2, 0.25) is 0 Å². The highest BCUT2D eigenvalue weighted by molar-refractivity contribution is 5.80. The van der Waals surface area contributed by atoms with Crippen LogP contribution in [0.3, 0.4) is 0 Å². The fraction of sp³-hybridized carbons (Fsp3) is 0.130. The van der Waals surface area contributed by atoms with Crippen LogP contribution in [0.2, 0.25) is 0 Å². The van der Waals surface area contributed by atoms with E-state index in [-0.39, 0.29) is 27.9 Å². The summed E-state index contributed by atoms with van der Waals surface area (Å²) in [6.45, 7) is 3.57. The molecule has 2 aromatic heterocycles. The van der Waals surface area contributed by atoms with E-state index in [1.54, 1.807) is 24.3 Å². The van der Waals surface area contributed by atoms with E-state index in [0.29, 0.717) is 5.56 Å². The van der Waals surface area contributed by atoms with Gasteiger partial charge in [-0.15, -0.1) is 0 Å². The molecule has 1 aliphatic rings. The summed E-state index contributed by atoms with van der Waals surface area (Å²) >= 11 is 0. The zero-order valence-corrected chi connectivity index (χ0v) is 16.2. The van der Waals surface area contributed by atoms with E-state index in [4.69, 9.17) is 9.05 Å². The molecular weight excluding hydrogens is 431 g/mol. The Morgan fingerprint density at radius 2 is 1.62 bits per heavy atom. The van der Waals surface area contributed by atoms with Crippen LogP contribution in [0.5, 0.6) is 0 Å². The van der Waals surface area contributed by atoms with Crippen molar-refractivity contribution in [2.45, 2.75) is 18.5 Å². The van der Waals surface area contributed by atoms with Crippen LogP contribution < -0.4 is 0 Å². The molecule has 32 heavy (non-hydrogen) atoms. The Bertz CT molecular complexity index is 1340. The van der Waals surface area contributed by atoms with Gasteiger partial charge in [-0.25, -0.2) is 8.78 Å². The molecule has 0 amide bonds. The molecule has 4 nitrogen and oxygen atoms in total. The van der Waals surface area contributed by atoms with E-state index in [1.807, 2.05) is 0 Å². The SMILES string of the molecule is C=Cc1ccc2c(c1)C(F)(F)Cc1c-2noc1-c1noc(-c2ccccc2)c1C(F)(F)F. The first-order chi connectivity index (χ1) is 15.2. The average Bonchev–Trinajstić information content (AvgIpc) is 3.38. The predicted molar refractivity (Wildman–Crippen MR) is 106 cm³/mol. The first-order valence-electron chi connectivity index (χ1n) is 9.47. The fourth-order valence-electron chi connectivity index (χ4n) is 3.88. The molecule has 0 radical (unpaired) electrons. The Hall–Kier alpha value is -3.75. The second-order valence-electron chi connectivity index (χ2n) is 7.33. The summed E-state index contributed by atoms with van der Waals surface area (Å²) in [6.07, 6.45) is -4.34. The Morgan fingerprint density at radius 3 is 2.31 bits per heavy atom. The molecule has 162 valence electrons. The Balaban J connectivity index is 1.72. The fourth-order valence-corrected chi connectivity index (χ4v) is 3.88. The van der Waals surface area contributed by atoms with Gasteiger partial charge < -0.3 is 9.05 Å². The normalized spacial score (nSPS) is 14.7. The predicted octanol–water partition coefficient (Wildman–Crippen LogP) is 6.97. The van der Waals surface area contributed by atoms with Crippen LogP contribution in [-0.4, -0.2) is 10.3 Å². The standard InChI is InChI=1S/C23H13F5N2O2/c1-2-12-8-9-14-16(10-12)22(24,25)11-15-18(14)29-32-21(15)19-17(23(26,27)28)20(31-30-19)13-6-4-3-5-7-13/h2-10H,1,11H2. The summed E-state index contributed by atoms with van der Waals surface area (Å²) in [4.78, 5) is 0. The van der Waals surface area contributed by atoms with Crippen LogP contribution in [0.15, 0.2) is 64.2 Å². The molecule has 0 aliphatic heterocycles. The molecule has 0 saturated carbocycles. The average molecular weight is 444 g/mol. The van der Waals surface area contributed by atoms with E-state index in [1.165, 1.54) is 30.3 Å². The number of hydrogen-bond donors (Lipinski definition) is 0. The lowest BCUT2D eigenvalue weighted by atomic mass is 9.84.